The van der Waals surface area contributed by atoms with Gasteiger partial charge in [0.15, 0.2) is 0 Å². The van der Waals surface area contributed by atoms with E-state index in [1.807, 2.05) is 0 Å². The number of carbonyl (C=O) groups is 1. The predicted molar refractivity (Wildman–Crippen MR) is 73.4 cm³/mol. The number of benzene rings is 1. The van der Waals surface area contributed by atoms with Gasteiger partial charge in [-0.05, 0) is 40.5 Å². The molecule has 0 saturated heterocycles. The van der Waals surface area contributed by atoms with Crippen LogP contribution in [-0.2, 0) is 14.8 Å². The van der Waals surface area contributed by atoms with Crippen LogP contribution in [-0.4, -0.2) is 25.2 Å². The maximum absolute atomic E-state index is 11.6. The van der Waals surface area contributed by atoms with Gasteiger partial charge in [0.05, 0.1) is 16.5 Å². The first-order chi connectivity index (χ1) is 8.30. The Morgan fingerprint density at radius 1 is 1.44 bits per heavy atom. The Morgan fingerprint density at radius 2 is 2.11 bits per heavy atom. The van der Waals surface area contributed by atoms with E-state index in [1.54, 1.807) is 12.1 Å². The third-order valence-electron chi connectivity index (χ3n) is 2.00. The van der Waals surface area contributed by atoms with Gasteiger partial charge >= 0.3 is 5.97 Å². The van der Waals surface area contributed by atoms with E-state index in [2.05, 4.69) is 20.7 Å². The number of hydrogen-bond donors (Lipinski definition) is 2. The summed E-state index contributed by atoms with van der Waals surface area (Å²) in [5.74, 6) is -1.26. The van der Waals surface area contributed by atoms with Gasteiger partial charge in [-0.1, -0.05) is 11.6 Å². The lowest BCUT2D eigenvalue weighted by Gasteiger charge is -2.08. The van der Waals surface area contributed by atoms with Crippen molar-refractivity contribution in [2.45, 2.75) is 12.8 Å². The highest BCUT2D eigenvalue weighted by atomic mass is 79.9. The number of carboxylic acid groups (broad SMARTS) is 1. The second-order valence-corrected chi connectivity index (χ2v) is 6.65. The van der Waals surface area contributed by atoms with E-state index in [-0.39, 0.29) is 18.6 Å². The SMILES string of the molecule is O=C(O)CCCS(=O)(=O)Nc1ccc(Br)c(Cl)c1. The van der Waals surface area contributed by atoms with Crippen molar-refractivity contribution in [3.05, 3.63) is 27.7 Å². The number of hydrogen-bond acceptors (Lipinski definition) is 3. The molecule has 0 radical (unpaired) electrons. The third kappa shape index (κ3) is 5.24. The van der Waals surface area contributed by atoms with Gasteiger partial charge in [0, 0.05) is 10.9 Å². The topological polar surface area (TPSA) is 83.5 Å². The summed E-state index contributed by atoms with van der Waals surface area (Å²) in [4.78, 5) is 10.3. The molecule has 0 amide bonds. The second-order valence-electron chi connectivity index (χ2n) is 3.55. The van der Waals surface area contributed by atoms with Crippen molar-refractivity contribution in [1.29, 1.82) is 0 Å². The number of sulfonamides is 1. The normalized spacial score (nSPS) is 11.2. The van der Waals surface area contributed by atoms with Crippen LogP contribution in [0.2, 0.25) is 5.02 Å². The van der Waals surface area contributed by atoms with Crippen LogP contribution in [0.1, 0.15) is 12.8 Å². The molecule has 0 atom stereocenters. The molecule has 100 valence electrons. The Morgan fingerprint density at radius 3 is 2.67 bits per heavy atom. The number of rotatable bonds is 6. The summed E-state index contributed by atoms with van der Waals surface area (Å²) >= 11 is 9.02. The summed E-state index contributed by atoms with van der Waals surface area (Å²) in [6.45, 7) is 0. The van der Waals surface area contributed by atoms with Crippen molar-refractivity contribution in [3.63, 3.8) is 0 Å². The quantitative estimate of drug-likeness (QED) is 0.821. The zero-order valence-corrected chi connectivity index (χ0v) is 12.3. The van der Waals surface area contributed by atoms with E-state index in [0.717, 1.165) is 0 Å². The minimum absolute atomic E-state index is 0.0644. The molecule has 1 rings (SSSR count). The van der Waals surface area contributed by atoms with Gasteiger partial charge in [-0.15, -0.1) is 0 Å². The van der Waals surface area contributed by atoms with Gasteiger partial charge < -0.3 is 5.11 Å². The van der Waals surface area contributed by atoms with Gasteiger partial charge in [0.2, 0.25) is 10.0 Å². The molecule has 0 aromatic heterocycles. The molecule has 0 aliphatic heterocycles. The van der Waals surface area contributed by atoms with Gasteiger partial charge in [-0.25, -0.2) is 8.42 Å². The highest BCUT2D eigenvalue weighted by Crippen LogP contribution is 2.26. The zero-order chi connectivity index (χ0) is 13.8. The summed E-state index contributed by atoms with van der Waals surface area (Å²) in [7, 11) is -3.55. The lowest BCUT2D eigenvalue weighted by Crippen LogP contribution is -2.17. The number of aliphatic carboxylic acids is 1. The van der Waals surface area contributed by atoms with Gasteiger partial charge in [-0.2, -0.15) is 0 Å². The Balaban J connectivity index is 2.64. The minimum atomic E-state index is -3.55. The van der Waals surface area contributed by atoms with Crippen molar-refractivity contribution < 1.29 is 18.3 Å². The molecule has 2 N–H and O–H groups in total. The molecule has 0 spiro atoms. The Labute approximate surface area is 118 Å². The molecule has 0 bridgehead atoms. The van der Waals surface area contributed by atoms with E-state index in [4.69, 9.17) is 16.7 Å². The second kappa shape index (κ2) is 6.40. The van der Waals surface area contributed by atoms with Gasteiger partial charge in [0.25, 0.3) is 0 Å². The first kappa shape index (κ1) is 15.3. The summed E-state index contributed by atoms with van der Waals surface area (Å²) in [5.41, 5.74) is 0.346. The molecule has 8 heteroatoms. The molecular formula is C10H11BrClNO4S. The lowest BCUT2D eigenvalue weighted by molar-refractivity contribution is -0.137. The van der Waals surface area contributed by atoms with Crippen LogP contribution in [0.3, 0.4) is 0 Å². The predicted octanol–water partition coefficient (Wildman–Crippen LogP) is 2.71. The van der Waals surface area contributed by atoms with Crippen molar-refractivity contribution in [2.75, 3.05) is 10.5 Å². The Hall–Kier alpha value is -0.790. The van der Waals surface area contributed by atoms with E-state index in [9.17, 15) is 13.2 Å². The first-order valence-electron chi connectivity index (χ1n) is 4.97. The highest BCUT2D eigenvalue weighted by Gasteiger charge is 2.12. The van der Waals surface area contributed by atoms with E-state index >= 15 is 0 Å². The first-order valence-corrected chi connectivity index (χ1v) is 7.80. The zero-order valence-electron chi connectivity index (χ0n) is 9.19. The molecule has 18 heavy (non-hydrogen) atoms. The Kier molecular flexibility index (Phi) is 5.43. The van der Waals surface area contributed by atoms with Crippen molar-refractivity contribution in [2.24, 2.45) is 0 Å². The molecular weight excluding hydrogens is 346 g/mol. The van der Waals surface area contributed by atoms with E-state index in [1.165, 1.54) is 6.07 Å². The molecule has 0 aliphatic rings. The molecule has 0 aliphatic carbocycles. The average Bonchev–Trinajstić information content (AvgIpc) is 2.22. The minimum Gasteiger partial charge on any atom is -0.481 e. The maximum atomic E-state index is 11.6. The van der Waals surface area contributed by atoms with E-state index in [0.29, 0.717) is 15.2 Å². The van der Waals surface area contributed by atoms with Crippen LogP contribution in [0.15, 0.2) is 22.7 Å². The monoisotopic (exact) mass is 355 g/mol. The van der Waals surface area contributed by atoms with Crippen LogP contribution >= 0.6 is 27.5 Å². The maximum Gasteiger partial charge on any atom is 0.303 e. The number of halogens is 2. The molecule has 1 aromatic carbocycles. The summed E-state index contributed by atoms with van der Waals surface area (Å²) in [6.07, 6.45) is -0.114. The van der Waals surface area contributed by atoms with Crippen molar-refractivity contribution in [1.82, 2.24) is 0 Å². The van der Waals surface area contributed by atoms with Crippen molar-refractivity contribution in [3.8, 4) is 0 Å². The molecule has 0 heterocycles. The average molecular weight is 357 g/mol. The van der Waals surface area contributed by atoms with Gasteiger partial charge in [0.1, 0.15) is 0 Å². The molecule has 1 aromatic rings. The molecule has 0 saturated carbocycles. The molecule has 0 unspecified atom stereocenters. The van der Waals surface area contributed by atoms with Crippen molar-refractivity contribution >= 4 is 49.2 Å². The van der Waals surface area contributed by atoms with Crippen LogP contribution in [0, 0.1) is 0 Å². The van der Waals surface area contributed by atoms with Gasteiger partial charge in [-0.3, -0.25) is 9.52 Å². The van der Waals surface area contributed by atoms with Crippen LogP contribution in [0.5, 0.6) is 0 Å². The third-order valence-corrected chi connectivity index (χ3v) is 4.60. The largest absolute Gasteiger partial charge is 0.481 e. The fraction of sp³-hybridized carbons (Fsp3) is 0.300. The van der Waals surface area contributed by atoms with Crippen LogP contribution in [0.25, 0.3) is 0 Å². The summed E-state index contributed by atoms with van der Waals surface area (Å²) < 4.78 is 26.2. The number of anilines is 1. The fourth-order valence-corrected chi connectivity index (χ4v) is 2.74. The standard InChI is InChI=1S/C10H11BrClNO4S/c11-8-4-3-7(6-9(8)12)13-18(16,17)5-1-2-10(14)15/h3-4,6,13H,1-2,5H2,(H,14,15). The highest BCUT2D eigenvalue weighted by molar-refractivity contribution is 9.10. The number of carboxylic acids is 1. The smallest absolute Gasteiger partial charge is 0.303 e. The summed E-state index contributed by atoms with van der Waals surface area (Å²) in [6, 6.07) is 4.66. The van der Waals surface area contributed by atoms with Crippen LogP contribution in [0.4, 0.5) is 5.69 Å². The Bertz CT molecular complexity index is 547. The molecule has 5 nitrogen and oxygen atoms in total. The molecule has 0 fully saturated rings. The lowest BCUT2D eigenvalue weighted by atomic mass is 10.3. The van der Waals surface area contributed by atoms with E-state index < -0.39 is 16.0 Å². The number of nitrogens with one attached hydrogen (secondary N) is 1. The van der Waals surface area contributed by atoms with Crippen LogP contribution < -0.4 is 4.72 Å². The summed E-state index contributed by atoms with van der Waals surface area (Å²) in [5, 5.41) is 8.82. The fourth-order valence-electron chi connectivity index (χ4n) is 1.20.